The quantitative estimate of drug-likeness (QED) is 0.860. The van der Waals surface area contributed by atoms with E-state index in [1.165, 1.54) is 20.0 Å². The van der Waals surface area contributed by atoms with Crippen LogP contribution in [0.25, 0.3) is 0 Å². The second kappa shape index (κ2) is 6.11. The van der Waals surface area contributed by atoms with Gasteiger partial charge >= 0.3 is 5.97 Å². The molecular weight excluding hydrogens is 254 g/mol. The molecule has 1 aliphatic carbocycles. The number of ether oxygens (including phenoxy) is 1. The summed E-state index contributed by atoms with van der Waals surface area (Å²) < 4.78 is 4.71. The minimum atomic E-state index is -0.434. The summed E-state index contributed by atoms with van der Waals surface area (Å²) >= 11 is 0. The highest BCUT2D eigenvalue weighted by molar-refractivity contribution is 5.88. The number of anilines is 2. The molecule has 2 unspecified atom stereocenters. The lowest BCUT2D eigenvalue weighted by Crippen LogP contribution is -2.36. The zero-order valence-corrected chi connectivity index (χ0v) is 12.4. The lowest BCUT2D eigenvalue weighted by Gasteiger charge is -2.35. The molecule has 0 saturated heterocycles. The van der Waals surface area contributed by atoms with E-state index in [1.54, 1.807) is 12.1 Å². The Labute approximate surface area is 120 Å². The number of methoxy groups -OCH3 is 1. The molecule has 0 spiro atoms. The second-order valence-electron chi connectivity index (χ2n) is 5.64. The van der Waals surface area contributed by atoms with Gasteiger partial charge in [0, 0.05) is 13.1 Å². The molecule has 2 rings (SSSR count). The van der Waals surface area contributed by atoms with E-state index in [2.05, 4.69) is 16.8 Å². The first kappa shape index (κ1) is 14.6. The number of nitrogens with two attached hydrogens (primary N) is 1. The fraction of sp³-hybridized carbons (Fsp3) is 0.600. The number of esters is 1. The topological polar surface area (TPSA) is 68.5 Å². The zero-order valence-electron chi connectivity index (χ0n) is 12.4. The van der Waals surface area contributed by atoms with Crippen LogP contribution in [0.3, 0.4) is 0 Å². The summed E-state index contributed by atoms with van der Waals surface area (Å²) in [6.07, 6.45) is 4.80. The van der Waals surface area contributed by atoms with Crippen LogP contribution in [0.4, 0.5) is 11.5 Å². The molecule has 5 heteroatoms. The Balaban J connectivity index is 2.24. The molecule has 0 aromatic carbocycles. The second-order valence-corrected chi connectivity index (χ2v) is 5.64. The summed E-state index contributed by atoms with van der Waals surface area (Å²) in [5, 5.41) is 0. The van der Waals surface area contributed by atoms with Gasteiger partial charge in [-0.2, -0.15) is 0 Å². The van der Waals surface area contributed by atoms with E-state index in [9.17, 15) is 4.79 Å². The highest BCUT2D eigenvalue weighted by Gasteiger charge is 2.25. The van der Waals surface area contributed by atoms with Gasteiger partial charge in [0.05, 0.1) is 12.8 Å². The Bertz CT molecular complexity index is 490. The van der Waals surface area contributed by atoms with E-state index in [1.807, 2.05) is 7.05 Å². The standard InChI is InChI=1S/C15H23N3O2/c1-10-5-4-6-11(9-10)18(2)14-12(16)7-8-13(17-14)15(19)20-3/h7-8,10-11H,4-6,9,16H2,1-3H3. The summed E-state index contributed by atoms with van der Waals surface area (Å²) in [5.41, 5.74) is 6.91. The number of nitrogens with zero attached hydrogens (tertiary/aromatic N) is 2. The molecule has 1 saturated carbocycles. The van der Waals surface area contributed by atoms with Crippen LogP contribution in [0.15, 0.2) is 12.1 Å². The van der Waals surface area contributed by atoms with Crippen molar-refractivity contribution in [3.8, 4) is 0 Å². The largest absolute Gasteiger partial charge is 0.464 e. The summed E-state index contributed by atoms with van der Waals surface area (Å²) in [5.74, 6) is 0.963. The van der Waals surface area contributed by atoms with Gasteiger partial charge in [0.1, 0.15) is 0 Å². The molecule has 0 aliphatic heterocycles. The SMILES string of the molecule is COC(=O)c1ccc(N)c(N(C)C2CCCC(C)C2)n1. The van der Waals surface area contributed by atoms with Crippen molar-refractivity contribution in [2.45, 2.75) is 38.6 Å². The normalized spacial score (nSPS) is 22.4. The van der Waals surface area contributed by atoms with E-state index in [4.69, 9.17) is 10.5 Å². The van der Waals surface area contributed by atoms with Crippen LogP contribution in [-0.4, -0.2) is 31.2 Å². The Morgan fingerprint density at radius 2 is 2.20 bits per heavy atom. The maximum Gasteiger partial charge on any atom is 0.356 e. The van der Waals surface area contributed by atoms with Crippen LogP contribution in [0.5, 0.6) is 0 Å². The van der Waals surface area contributed by atoms with Crippen molar-refractivity contribution >= 4 is 17.5 Å². The molecule has 2 atom stereocenters. The minimum absolute atomic E-state index is 0.299. The van der Waals surface area contributed by atoms with Crippen LogP contribution >= 0.6 is 0 Å². The Morgan fingerprint density at radius 1 is 1.45 bits per heavy atom. The molecule has 2 N–H and O–H groups in total. The molecule has 1 heterocycles. The van der Waals surface area contributed by atoms with Gasteiger partial charge in [0.25, 0.3) is 0 Å². The lowest BCUT2D eigenvalue weighted by atomic mass is 9.86. The van der Waals surface area contributed by atoms with E-state index < -0.39 is 5.97 Å². The average Bonchev–Trinajstić information content (AvgIpc) is 2.46. The molecule has 110 valence electrons. The first-order chi connectivity index (χ1) is 9.52. The average molecular weight is 277 g/mol. The molecule has 1 aromatic rings. The fourth-order valence-corrected chi connectivity index (χ4v) is 2.89. The van der Waals surface area contributed by atoms with Crippen LogP contribution in [-0.2, 0) is 4.74 Å². The molecule has 0 amide bonds. The van der Waals surface area contributed by atoms with Crippen LogP contribution in [0.2, 0.25) is 0 Å². The predicted octanol–water partition coefficient (Wildman–Crippen LogP) is 2.47. The molecular formula is C15H23N3O2. The van der Waals surface area contributed by atoms with Gasteiger partial charge in [-0.15, -0.1) is 0 Å². The molecule has 1 aliphatic rings. The van der Waals surface area contributed by atoms with E-state index >= 15 is 0 Å². The van der Waals surface area contributed by atoms with Crippen molar-refractivity contribution in [1.29, 1.82) is 0 Å². The number of carbonyl (C=O) groups is 1. The number of rotatable bonds is 3. The van der Waals surface area contributed by atoms with Crippen molar-refractivity contribution < 1.29 is 9.53 Å². The Hall–Kier alpha value is -1.78. The third-order valence-corrected chi connectivity index (χ3v) is 4.09. The first-order valence-corrected chi connectivity index (χ1v) is 7.10. The summed E-state index contributed by atoms with van der Waals surface area (Å²) in [4.78, 5) is 18.1. The third-order valence-electron chi connectivity index (χ3n) is 4.09. The van der Waals surface area contributed by atoms with Crippen LogP contribution < -0.4 is 10.6 Å². The van der Waals surface area contributed by atoms with Gasteiger partial charge in [-0.25, -0.2) is 9.78 Å². The van der Waals surface area contributed by atoms with Crippen molar-refractivity contribution in [3.63, 3.8) is 0 Å². The summed E-state index contributed by atoms with van der Waals surface area (Å²) in [6, 6.07) is 3.75. The number of aromatic nitrogens is 1. The summed E-state index contributed by atoms with van der Waals surface area (Å²) in [7, 11) is 3.36. The Kier molecular flexibility index (Phi) is 4.47. The number of carbonyl (C=O) groups excluding carboxylic acids is 1. The Morgan fingerprint density at radius 3 is 2.85 bits per heavy atom. The van der Waals surface area contributed by atoms with E-state index in [-0.39, 0.29) is 0 Å². The number of nitrogen functional groups attached to an aromatic ring is 1. The van der Waals surface area contributed by atoms with Crippen molar-refractivity contribution in [3.05, 3.63) is 17.8 Å². The highest BCUT2D eigenvalue weighted by atomic mass is 16.5. The fourth-order valence-electron chi connectivity index (χ4n) is 2.89. The lowest BCUT2D eigenvalue weighted by molar-refractivity contribution is 0.0594. The zero-order chi connectivity index (χ0) is 14.7. The summed E-state index contributed by atoms with van der Waals surface area (Å²) in [6.45, 7) is 2.28. The maximum absolute atomic E-state index is 11.6. The number of pyridine rings is 1. The first-order valence-electron chi connectivity index (χ1n) is 7.10. The predicted molar refractivity (Wildman–Crippen MR) is 79.8 cm³/mol. The smallest absolute Gasteiger partial charge is 0.356 e. The molecule has 5 nitrogen and oxygen atoms in total. The van der Waals surface area contributed by atoms with Gasteiger partial charge in [0.15, 0.2) is 11.5 Å². The van der Waals surface area contributed by atoms with E-state index in [0.29, 0.717) is 23.2 Å². The molecule has 1 fully saturated rings. The monoisotopic (exact) mass is 277 g/mol. The number of hydrogen-bond acceptors (Lipinski definition) is 5. The minimum Gasteiger partial charge on any atom is -0.464 e. The highest BCUT2D eigenvalue weighted by Crippen LogP contribution is 2.31. The van der Waals surface area contributed by atoms with Gasteiger partial charge in [0.2, 0.25) is 0 Å². The van der Waals surface area contributed by atoms with Crippen LogP contribution in [0, 0.1) is 5.92 Å². The van der Waals surface area contributed by atoms with E-state index in [0.717, 1.165) is 18.8 Å². The van der Waals surface area contributed by atoms with Gasteiger partial charge in [-0.05, 0) is 30.9 Å². The van der Waals surface area contributed by atoms with Crippen LogP contribution in [0.1, 0.15) is 43.1 Å². The maximum atomic E-state index is 11.6. The van der Waals surface area contributed by atoms with Gasteiger partial charge in [-0.1, -0.05) is 19.8 Å². The van der Waals surface area contributed by atoms with Gasteiger partial charge in [-0.3, -0.25) is 0 Å². The molecule has 20 heavy (non-hydrogen) atoms. The van der Waals surface area contributed by atoms with Crippen molar-refractivity contribution in [2.75, 3.05) is 24.8 Å². The van der Waals surface area contributed by atoms with Gasteiger partial charge < -0.3 is 15.4 Å². The molecule has 1 aromatic heterocycles. The van der Waals surface area contributed by atoms with Crippen molar-refractivity contribution in [2.24, 2.45) is 5.92 Å². The van der Waals surface area contributed by atoms with Crippen molar-refractivity contribution in [1.82, 2.24) is 4.98 Å². The molecule has 0 bridgehead atoms. The number of hydrogen-bond donors (Lipinski definition) is 1. The molecule has 0 radical (unpaired) electrons. The third kappa shape index (κ3) is 3.03.